The smallest absolute Gasteiger partial charge is 0.131 e. The van der Waals surface area contributed by atoms with Gasteiger partial charge in [0.05, 0.1) is 6.10 Å². The van der Waals surface area contributed by atoms with Crippen molar-refractivity contribution in [1.82, 2.24) is 15.3 Å². The molecule has 5 heteroatoms. The van der Waals surface area contributed by atoms with Gasteiger partial charge in [0.15, 0.2) is 0 Å². The lowest BCUT2D eigenvalue weighted by Crippen LogP contribution is -2.40. The number of aliphatic hydroxyl groups excluding tert-OH is 2. The van der Waals surface area contributed by atoms with Gasteiger partial charge in [-0.15, -0.1) is 0 Å². The lowest BCUT2D eigenvalue weighted by molar-refractivity contribution is 0.0715. The summed E-state index contributed by atoms with van der Waals surface area (Å²) in [5.41, 5.74) is 1.03. The normalized spacial score (nSPS) is 31.9. The Labute approximate surface area is 132 Å². The molecule has 122 valence electrons. The standard InChI is InChI=1S/C17H27N3O2/c1-10(2)19-15-8-16(22)14(9-21)13(15)7-12-5-6-18-17(20-12)11-3-4-11/h5-6,10-11,13-16,19,21-22H,3-4,7-9H2,1-2H3/t13-,14-,15-,16-/m1/s1. The first-order valence-corrected chi connectivity index (χ1v) is 8.45. The van der Waals surface area contributed by atoms with E-state index < -0.39 is 6.10 Å². The first-order chi connectivity index (χ1) is 10.6. The van der Waals surface area contributed by atoms with Gasteiger partial charge in [0.25, 0.3) is 0 Å². The van der Waals surface area contributed by atoms with E-state index >= 15 is 0 Å². The molecule has 2 aliphatic rings. The van der Waals surface area contributed by atoms with Crippen LogP contribution in [0.3, 0.4) is 0 Å². The maximum Gasteiger partial charge on any atom is 0.131 e. The van der Waals surface area contributed by atoms with Crippen molar-refractivity contribution in [1.29, 1.82) is 0 Å². The lowest BCUT2D eigenvalue weighted by atomic mass is 9.88. The van der Waals surface area contributed by atoms with Gasteiger partial charge in [0, 0.05) is 42.4 Å². The Bertz CT molecular complexity index is 504. The monoisotopic (exact) mass is 305 g/mol. The summed E-state index contributed by atoms with van der Waals surface area (Å²) >= 11 is 0. The fourth-order valence-electron chi connectivity index (χ4n) is 3.67. The molecule has 3 N–H and O–H groups in total. The van der Waals surface area contributed by atoms with E-state index in [4.69, 9.17) is 4.98 Å². The predicted octanol–water partition coefficient (Wildman–Crippen LogP) is 1.25. The first kappa shape index (κ1) is 15.8. The van der Waals surface area contributed by atoms with Crippen LogP contribution in [0.1, 0.15) is 50.5 Å². The summed E-state index contributed by atoms with van der Waals surface area (Å²) in [5.74, 6) is 1.65. The molecule has 0 aliphatic heterocycles. The zero-order valence-electron chi connectivity index (χ0n) is 13.4. The van der Waals surface area contributed by atoms with E-state index in [1.54, 1.807) is 0 Å². The highest BCUT2D eigenvalue weighted by Gasteiger charge is 2.42. The topological polar surface area (TPSA) is 78.3 Å². The molecule has 1 aromatic heterocycles. The number of nitrogens with one attached hydrogen (secondary N) is 1. The van der Waals surface area contributed by atoms with Crippen LogP contribution in [0.15, 0.2) is 12.3 Å². The molecule has 2 aliphatic carbocycles. The van der Waals surface area contributed by atoms with Gasteiger partial charge in [-0.2, -0.15) is 0 Å². The number of aliphatic hydroxyl groups is 2. The Morgan fingerprint density at radius 3 is 2.73 bits per heavy atom. The van der Waals surface area contributed by atoms with Crippen molar-refractivity contribution >= 4 is 0 Å². The highest BCUT2D eigenvalue weighted by Crippen LogP contribution is 2.38. The summed E-state index contributed by atoms with van der Waals surface area (Å²) in [6.45, 7) is 4.26. The maximum absolute atomic E-state index is 10.2. The van der Waals surface area contributed by atoms with E-state index in [1.165, 1.54) is 12.8 Å². The van der Waals surface area contributed by atoms with Gasteiger partial charge in [-0.3, -0.25) is 0 Å². The van der Waals surface area contributed by atoms with Crippen molar-refractivity contribution in [2.24, 2.45) is 11.8 Å². The summed E-state index contributed by atoms with van der Waals surface area (Å²) in [4.78, 5) is 9.08. The van der Waals surface area contributed by atoms with Crippen LogP contribution in [0.5, 0.6) is 0 Å². The highest BCUT2D eigenvalue weighted by atomic mass is 16.3. The second-order valence-electron chi connectivity index (χ2n) is 7.13. The van der Waals surface area contributed by atoms with E-state index in [9.17, 15) is 10.2 Å². The molecular weight excluding hydrogens is 278 g/mol. The number of aromatic nitrogens is 2. The van der Waals surface area contributed by atoms with Gasteiger partial charge in [-0.25, -0.2) is 9.97 Å². The Kier molecular flexibility index (Phi) is 4.76. The average Bonchev–Trinajstić information content (AvgIpc) is 3.27. The molecule has 5 nitrogen and oxygen atoms in total. The molecule has 0 saturated heterocycles. The summed E-state index contributed by atoms with van der Waals surface area (Å²) in [5, 5.41) is 23.5. The summed E-state index contributed by atoms with van der Waals surface area (Å²) in [6, 6.07) is 2.56. The number of hydrogen-bond acceptors (Lipinski definition) is 5. The van der Waals surface area contributed by atoms with Crippen molar-refractivity contribution in [3.8, 4) is 0 Å². The zero-order chi connectivity index (χ0) is 15.7. The van der Waals surface area contributed by atoms with Crippen LogP contribution in [-0.4, -0.2) is 45.0 Å². The minimum Gasteiger partial charge on any atom is -0.396 e. The fraction of sp³-hybridized carbons (Fsp3) is 0.765. The Balaban J connectivity index is 1.75. The van der Waals surface area contributed by atoms with E-state index in [1.807, 2.05) is 12.3 Å². The van der Waals surface area contributed by atoms with Gasteiger partial charge in [-0.1, -0.05) is 13.8 Å². The largest absolute Gasteiger partial charge is 0.396 e. The maximum atomic E-state index is 10.2. The predicted molar refractivity (Wildman–Crippen MR) is 84.5 cm³/mol. The van der Waals surface area contributed by atoms with Gasteiger partial charge < -0.3 is 15.5 Å². The second-order valence-corrected chi connectivity index (χ2v) is 7.13. The molecule has 0 unspecified atom stereocenters. The Morgan fingerprint density at radius 2 is 2.09 bits per heavy atom. The Morgan fingerprint density at radius 1 is 1.32 bits per heavy atom. The van der Waals surface area contributed by atoms with Crippen LogP contribution in [-0.2, 0) is 6.42 Å². The number of rotatable bonds is 6. The first-order valence-electron chi connectivity index (χ1n) is 8.45. The third-order valence-electron chi connectivity index (χ3n) is 4.93. The summed E-state index contributed by atoms with van der Waals surface area (Å²) in [7, 11) is 0. The quantitative estimate of drug-likeness (QED) is 0.737. The number of nitrogens with zero attached hydrogens (tertiary/aromatic N) is 2. The molecule has 2 fully saturated rings. The molecule has 3 rings (SSSR count). The van der Waals surface area contributed by atoms with E-state index in [0.717, 1.165) is 17.9 Å². The zero-order valence-corrected chi connectivity index (χ0v) is 13.4. The molecular formula is C17H27N3O2. The minimum absolute atomic E-state index is 0.0304. The minimum atomic E-state index is -0.434. The van der Waals surface area contributed by atoms with E-state index in [-0.39, 0.29) is 24.5 Å². The van der Waals surface area contributed by atoms with Gasteiger partial charge in [0.2, 0.25) is 0 Å². The van der Waals surface area contributed by atoms with Crippen molar-refractivity contribution in [2.45, 2.75) is 63.6 Å². The molecule has 0 amide bonds. The van der Waals surface area contributed by atoms with Gasteiger partial charge in [0.1, 0.15) is 5.82 Å². The van der Waals surface area contributed by atoms with Crippen LogP contribution in [0.4, 0.5) is 0 Å². The second kappa shape index (κ2) is 6.60. The molecule has 0 bridgehead atoms. The molecule has 1 aromatic rings. The molecule has 4 atom stereocenters. The van der Waals surface area contributed by atoms with Crippen molar-refractivity contribution in [2.75, 3.05) is 6.61 Å². The van der Waals surface area contributed by atoms with Crippen LogP contribution in [0.25, 0.3) is 0 Å². The summed E-state index contributed by atoms with van der Waals surface area (Å²) in [6.07, 6.45) is 5.30. The van der Waals surface area contributed by atoms with Crippen molar-refractivity contribution in [3.05, 3.63) is 23.8 Å². The molecule has 0 radical (unpaired) electrons. The fourth-order valence-corrected chi connectivity index (χ4v) is 3.67. The van der Waals surface area contributed by atoms with E-state index in [0.29, 0.717) is 18.4 Å². The van der Waals surface area contributed by atoms with Crippen LogP contribution >= 0.6 is 0 Å². The van der Waals surface area contributed by atoms with Gasteiger partial charge in [-0.05, 0) is 37.7 Å². The van der Waals surface area contributed by atoms with Crippen molar-refractivity contribution in [3.63, 3.8) is 0 Å². The molecule has 2 saturated carbocycles. The lowest BCUT2D eigenvalue weighted by Gasteiger charge is -2.26. The molecule has 22 heavy (non-hydrogen) atoms. The van der Waals surface area contributed by atoms with Crippen LogP contribution < -0.4 is 5.32 Å². The molecule has 0 spiro atoms. The molecule has 1 heterocycles. The van der Waals surface area contributed by atoms with Gasteiger partial charge >= 0.3 is 0 Å². The number of hydrogen-bond donors (Lipinski definition) is 3. The SMILES string of the molecule is CC(C)N[C@@H]1C[C@@H](O)[C@H](CO)[C@H]1Cc1ccnc(C2CC2)n1. The van der Waals surface area contributed by atoms with Crippen LogP contribution in [0.2, 0.25) is 0 Å². The van der Waals surface area contributed by atoms with Crippen LogP contribution in [0, 0.1) is 11.8 Å². The average molecular weight is 305 g/mol. The Hall–Kier alpha value is -1.04. The third-order valence-corrected chi connectivity index (χ3v) is 4.93. The van der Waals surface area contributed by atoms with E-state index in [2.05, 4.69) is 24.1 Å². The highest BCUT2D eigenvalue weighted by molar-refractivity contribution is 5.12. The third kappa shape index (κ3) is 3.47. The molecule has 0 aromatic carbocycles. The van der Waals surface area contributed by atoms with Crippen molar-refractivity contribution < 1.29 is 10.2 Å². The summed E-state index contributed by atoms with van der Waals surface area (Å²) < 4.78 is 0.